The van der Waals surface area contributed by atoms with Gasteiger partial charge in [-0.25, -0.2) is 4.57 Å². The molecule has 0 saturated carbocycles. The van der Waals surface area contributed by atoms with Crippen LogP contribution in [0.1, 0.15) is 43.0 Å². The van der Waals surface area contributed by atoms with Gasteiger partial charge in [0, 0.05) is 6.07 Å². The highest BCUT2D eigenvalue weighted by atomic mass is 28.3. The van der Waals surface area contributed by atoms with Gasteiger partial charge in [-0.15, -0.1) is 0 Å². The molecule has 148 valence electrons. The fourth-order valence-corrected chi connectivity index (χ4v) is 8.48. The van der Waals surface area contributed by atoms with Crippen molar-refractivity contribution in [2.45, 2.75) is 66.6 Å². The Morgan fingerprint density at radius 3 is 2.04 bits per heavy atom. The number of benzene rings is 2. The second kappa shape index (κ2) is 7.83. The number of hydrogen-bond donors (Lipinski definition) is 0. The summed E-state index contributed by atoms with van der Waals surface area (Å²) in [6, 6.07) is 16.0. The van der Waals surface area contributed by atoms with Gasteiger partial charge in [-0.2, -0.15) is 0 Å². The van der Waals surface area contributed by atoms with Crippen LogP contribution in [0.2, 0.25) is 18.1 Å². The molecule has 0 fully saturated rings. The Balaban J connectivity index is 2.31. The van der Waals surface area contributed by atoms with E-state index in [4.69, 9.17) is 0 Å². The van der Waals surface area contributed by atoms with Crippen molar-refractivity contribution in [3.05, 3.63) is 58.8 Å². The first kappa shape index (κ1) is 20.8. The summed E-state index contributed by atoms with van der Waals surface area (Å²) in [6.45, 7) is 16.2. The molecule has 0 unspecified atom stereocenters. The van der Waals surface area contributed by atoms with Crippen molar-refractivity contribution >= 4 is 24.0 Å². The summed E-state index contributed by atoms with van der Waals surface area (Å²) < 4.78 is 2.29. The first-order valence-electron chi connectivity index (χ1n) is 10.8. The highest BCUT2D eigenvalue weighted by Gasteiger charge is 2.30. The molecule has 0 aliphatic carbocycles. The first-order chi connectivity index (χ1) is 13.3. The minimum Gasteiger partial charge on any atom is -0.200 e. The molecule has 2 heteroatoms. The van der Waals surface area contributed by atoms with Crippen molar-refractivity contribution < 1.29 is 4.57 Å². The third-order valence-corrected chi connectivity index (χ3v) is 13.1. The van der Waals surface area contributed by atoms with Crippen molar-refractivity contribution in [1.29, 1.82) is 0 Å². The van der Waals surface area contributed by atoms with Crippen LogP contribution < -0.4 is 9.75 Å². The molecule has 0 radical (unpaired) electrons. The third kappa shape index (κ3) is 3.22. The lowest BCUT2D eigenvalue weighted by Gasteiger charge is -2.29. The number of aromatic nitrogens is 1. The zero-order chi connectivity index (χ0) is 20.6. The zero-order valence-electron chi connectivity index (χ0n) is 19.0. The van der Waals surface area contributed by atoms with Crippen LogP contribution in [0.5, 0.6) is 0 Å². The summed E-state index contributed by atoms with van der Waals surface area (Å²) >= 11 is 0. The highest BCUT2D eigenvalue weighted by molar-refractivity contribution is 6.91. The average Bonchev–Trinajstić information content (AvgIpc) is 2.71. The van der Waals surface area contributed by atoms with Crippen molar-refractivity contribution in [1.82, 2.24) is 0 Å². The summed E-state index contributed by atoms with van der Waals surface area (Å²) in [5.41, 5.74) is 8.31. The molecule has 0 aliphatic heterocycles. The van der Waals surface area contributed by atoms with Gasteiger partial charge in [0.15, 0.2) is 6.20 Å². The van der Waals surface area contributed by atoms with E-state index in [2.05, 4.69) is 96.6 Å². The Morgan fingerprint density at radius 2 is 1.43 bits per heavy atom. The Bertz CT molecular complexity index is 1020. The number of rotatable bonds is 5. The van der Waals surface area contributed by atoms with E-state index in [1.807, 2.05) is 0 Å². The number of aryl methyl sites for hydroxylation is 2. The molecule has 28 heavy (non-hydrogen) atoms. The van der Waals surface area contributed by atoms with Crippen molar-refractivity contribution in [2.24, 2.45) is 7.05 Å². The lowest BCUT2D eigenvalue weighted by molar-refractivity contribution is -0.659. The van der Waals surface area contributed by atoms with Gasteiger partial charge in [0.05, 0.1) is 19.0 Å². The van der Waals surface area contributed by atoms with E-state index >= 15 is 0 Å². The number of fused-ring (bicyclic) bond motifs is 1. The summed E-state index contributed by atoms with van der Waals surface area (Å²) in [5.74, 6) is 0. The van der Waals surface area contributed by atoms with E-state index in [1.54, 1.807) is 5.19 Å². The Kier molecular flexibility index (Phi) is 5.81. The number of nitrogens with zero attached hydrogens (tertiary/aromatic N) is 1. The first-order valence-corrected chi connectivity index (χ1v) is 13.4. The lowest BCUT2D eigenvalue weighted by atomic mass is 9.91. The van der Waals surface area contributed by atoms with E-state index in [0.717, 1.165) is 0 Å². The average molecular weight is 391 g/mol. The van der Waals surface area contributed by atoms with Gasteiger partial charge < -0.3 is 0 Å². The van der Waals surface area contributed by atoms with Gasteiger partial charge in [-0.05, 0) is 67.5 Å². The summed E-state index contributed by atoms with van der Waals surface area (Å²) in [6.07, 6.45) is 2.23. The molecule has 3 aromatic rings. The molecular formula is C26H36NSi+. The maximum Gasteiger partial charge on any atom is 0.220 e. The fraction of sp³-hybridized carbons (Fsp3) is 0.423. The highest BCUT2D eigenvalue weighted by Crippen LogP contribution is 2.32. The van der Waals surface area contributed by atoms with Gasteiger partial charge in [0.1, 0.15) is 7.05 Å². The second-order valence-corrected chi connectivity index (χ2v) is 13.8. The van der Waals surface area contributed by atoms with Crippen LogP contribution in [0.3, 0.4) is 0 Å². The predicted molar refractivity (Wildman–Crippen MR) is 126 cm³/mol. The summed E-state index contributed by atoms with van der Waals surface area (Å²) in [5, 5.41) is 4.37. The molecule has 0 amide bonds. The number of hydrogen-bond acceptors (Lipinski definition) is 0. The van der Waals surface area contributed by atoms with E-state index < -0.39 is 8.07 Å². The van der Waals surface area contributed by atoms with Crippen LogP contribution in [0.4, 0.5) is 0 Å². The molecule has 0 atom stereocenters. The summed E-state index contributed by atoms with van der Waals surface area (Å²) in [4.78, 5) is 0. The van der Waals surface area contributed by atoms with Crippen LogP contribution in [-0.2, 0) is 7.05 Å². The Labute approximate surface area is 172 Å². The molecule has 2 aromatic carbocycles. The molecule has 1 aromatic heterocycles. The molecular weight excluding hydrogens is 354 g/mol. The fourth-order valence-electron chi connectivity index (χ4n) is 4.86. The van der Waals surface area contributed by atoms with Crippen molar-refractivity contribution in [2.75, 3.05) is 0 Å². The summed E-state index contributed by atoms with van der Waals surface area (Å²) in [7, 11) is 0.812. The predicted octanol–water partition coefficient (Wildman–Crippen LogP) is 6.28. The van der Waals surface area contributed by atoms with Crippen LogP contribution >= 0.6 is 0 Å². The second-order valence-electron chi connectivity index (χ2n) is 8.53. The zero-order valence-corrected chi connectivity index (χ0v) is 20.0. The number of pyridine rings is 1. The molecule has 0 N–H and O–H groups in total. The Morgan fingerprint density at radius 1 is 0.786 bits per heavy atom. The maximum atomic E-state index is 2.50. The van der Waals surface area contributed by atoms with E-state index in [1.165, 1.54) is 62.4 Å². The smallest absolute Gasteiger partial charge is 0.200 e. The topological polar surface area (TPSA) is 3.88 Å². The molecule has 0 spiro atoms. The third-order valence-electron chi connectivity index (χ3n) is 7.52. The molecule has 0 saturated heterocycles. The SMILES string of the molecule is CC[Si](CC)(CC)c1ccc2c(-c3cc(C)c(C)c(C)c3C)[n+](C)ccc2c1. The molecule has 0 bridgehead atoms. The maximum absolute atomic E-state index is 2.50. The monoisotopic (exact) mass is 390 g/mol. The Hall–Kier alpha value is -1.93. The van der Waals surface area contributed by atoms with Crippen LogP contribution in [0.25, 0.3) is 22.0 Å². The molecule has 1 heterocycles. The standard InChI is InChI=1S/C26H36NSi/c1-9-28(10-2,11-3)23-12-13-24-22(17-23)14-15-27(8)26(24)25-16-18(4)19(5)20(6)21(25)7/h12-17H,9-11H2,1-8H3/q+1. The van der Waals surface area contributed by atoms with Crippen molar-refractivity contribution in [3.8, 4) is 11.3 Å². The van der Waals surface area contributed by atoms with Gasteiger partial charge in [0.2, 0.25) is 5.69 Å². The van der Waals surface area contributed by atoms with Gasteiger partial charge in [0.25, 0.3) is 0 Å². The largest absolute Gasteiger partial charge is 0.220 e. The van der Waals surface area contributed by atoms with Crippen LogP contribution in [-0.4, -0.2) is 8.07 Å². The van der Waals surface area contributed by atoms with Crippen LogP contribution in [0.15, 0.2) is 36.5 Å². The molecule has 0 aliphatic rings. The van der Waals surface area contributed by atoms with E-state index in [-0.39, 0.29) is 0 Å². The molecule has 1 nitrogen and oxygen atoms in total. The normalized spacial score (nSPS) is 12.0. The van der Waals surface area contributed by atoms with E-state index in [9.17, 15) is 0 Å². The van der Waals surface area contributed by atoms with Crippen LogP contribution in [0, 0.1) is 27.7 Å². The lowest BCUT2D eigenvalue weighted by Crippen LogP contribution is -2.45. The van der Waals surface area contributed by atoms with E-state index in [0.29, 0.717) is 0 Å². The minimum atomic E-state index is -1.36. The quantitative estimate of drug-likeness (QED) is 0.356. The van der Waals surface area contributed by atoms with Gasteiger partial charge in [-0.1, -0.05) is 56.2 Å². The minimum absolute atomic E-state index is 1.33. The molecule has 3 rings (SSSR count). The van der Waals surface area contributed by atoms with Gasteiger partial charge >= 0.3 is 0 Å². The van der Waals surface area contributed by atoms with Crippen molar-refractivity contribution in [3.63, 3.8) is 0 Å². The van der Waals surface area contributed by atoms with Gasteiger partial charge in [-0.3, -0.25) is 0 Å².